The number of nitrogens with zero attached hydrogens (tertiary/aromatic N) is 1. The average Bonchev–Trinajstić information content (AvgIpc) is 2.42. The van der Waals surface area contributed by atoms with E-state index in [1.165, 1.54) is 6.42 Å². The maximum atomic E-state index is 12.0. The van der Waals surface area contributed by atoms with Gasteiger partial charge in [0.2, 0.25) is 5.91 Å². The lowest BCUT2D eigenvalue weighted by Gasteiger charge is -2.44. The summed E-state index contributed by atoms with van der Waals surface area (Å²) in [5.41, 5.74) is 5.25. The van der Waals surface area contributed by atoms with Crippen molar-refractivity contribution in [3.05, 3.63) is 0 Å². The predicted octanol–water partition coefficient (Wildman–Crippen LogP) is 2.13. The predicted molar refractivity (Wildman–Crippen MR) is 84.6 cm³/mol. The zero-order chi connectivity index (χ0) is 15.2. The van der Waals surface area contributed by atoms with Gasteiger partial charge in [-0.1, -0.05) is 27.7 Å². The third-order valence-corrected chi connectivity index (χ3v) is 4.43. The average molecular weight is 283 g/mol. The Morgan fingerprint density at radius 3 is 2.65 bits per heavy atom. The number of nitrogens with two attached hydrogens (primary N) is 1. The van der Waals surface area contributed by atoms with Crippen molar-refractivity contribution < 1.29 is 4.79 Å². The summed E-state index contributed by atoms with van der Waals surface area (Å²) in [4.78, 5) is 14.5. The van der Waals surface area contributed by atoms with E-state index in [1.54, 1.807) is 0 Å². The van der Waals surface area contributed by atoms with Crippen LogP contribution in [0, 0.1) is 5.92 Å². The van der Waals surface area contributed by atoms with Crippen molar-refractivity contribution in [2.75, 3.05) is 19.6 Å². The minimum absolute atomic E-state index is 0.170. The number of hydrogen-bond acceptors (Lipinski definition) is 3. The number of carbonyl (C=O) groups is 1. The van der Waals surface area contributed by atoms with Crippen LogP contribution in [0.1, 0.15) is 59.8 Å². The lowest BCUT2D eigenvalue weighted by atomic mass is 9.77. The van der Waals surface area contributed by atoms with Crippen LogP contribution in [0.4, 0.5) is 0 Å². The van der Waals surface area contributed by atoms with Gasteiger partial charge in [0.1, 0.15) is 0 Å². The van der Waals surface area contributed by atoms with Crippen LogP contribution < -0.4 is 11.1 Å². The first kappa shape index (κ1) is 17.4. The Labute approximate surface area is 124 Å². The van der Waals surface area contributed by atoms with Crippen LogP contribution in [0.5, 0.6) is 0 Å². The van der Waals surface area contributed by atoms with Gasteiger partial charge in [-0.25, -0.2) is 0 Å². The Balaban J connectivity index is 2.77. The second-order valence-corrected chi connectivity index (χ2v) is 6.60. The first-order chi connectivity index (χ1) is 9.45. The van der Waals surface area contributed by atoms with Crippen LogP contribution in [-0.2, 0) is 4.79 Å². The molecule has 1 saturated carbocycles. The maximum Gasteiger partial charge on any atom is 0.237 e. The number of carbonyl (C=O) groups excluding carboxylic acids is 1. The highest BCUT2D eigenvalue weighted by molar-refractivity contribution is 5.84. The lowest BCUT2D eigenvalue weighted by Crippen LogP contribution is -2.61. The second kappa shape index (κ2) is 7.99. The van der Waals surface area contributed by atoms with E-state index >= 15 is 0 Å². The number of amides is 1. The van der Waals surface area contributed by atoms with Gasteiger partial charge in [0.05, 0.1) is 5.54 Å². The standard InChI is InChI=1S/C16H33N3O/c1-5-10-18-16(15(17)20)9-7-8-14(11-16)19(6-2)12-13(3)4/h13-14,18H,5-12H2,1-4H3,(H2,17,20). The summed E-state index contributed by atoms with van der Waals surface area (Å²) >= 11 is 0. The van der Waals surface area contributed by atoms with Crippen LogP contribution in [0.3, 0.4) is 0 Å². The van der Waals surface area contributed by atoms with E-state index in [0.717, 1.165) is 45.3 Å². The first-order valence-electron chi connectivity index (χ1n) is 8.24. The van der Waals surface area contributed by atoms with E-state index in [-0.39, 0.29) is 5.91 Å². The van der Waals surface area contributed by atoms with Crippen molar-refractivity contribution in [1.82, 2.24) is 10.2 Å². The molecule has 118 valence electrons. The van der Waals surface area contributed by atoms with E-state index < -0.39 is 5.54 Å². The molecule has 1 aliphatic carbocycles. The molecule has 2 atom stereocenters. The maximum absolute atomic E-state index is 12.0. The Hall–Kier alpha value is -0.610. The van der Waals surface area contributed by atoms with Crippen LogP contribution in [0.2, 0.25) is 0 Å². The molecule has 0 saturated heterocycles. The van der Waals surface area contributed by atoms with Gasteiger partial charge in [-0.2, -0.15) is 0 Å². The number of rotatable bonds is 8. The third-order valence-electron chi connectivity index (χ3n) is 4.43. The Bertz CT molecular complexity index is 306. The van der Waals surface area contributed by atoms with Crippen molar-refractivity contribution in [1.29, 1.82) is 0 Å². The van der Waals surface area contributed by atoms with Crippen LogP contribution in [-0.4, -0.2) is 42.0 Å². The first-order valence-corrected chi connectivity index (χ1v) is 8.24. The van der Waals surface area contributed by atoms with Crippen LogP contribution >= 0.6 is 0 Å². The molecule has 0 heterocycles. The molecule has 2 unspecified atom stereocenters. The fourth-order valence-electron chi connectivity index (χ4n) is 3.40. The minimum Gasteiger partial charge on any atom is -0.368 e. The molecule has 0 aromatic rings. The van der Waals surface area contributed by atoms with Crippen LogP contribution in [0.25, 0.3) is 0 Å². The molecule has 0 aliphatic heterocycles. The van der Waals surface area contributed by atoms with E-state index in [4.69, 9.17) is 5.73 Å². The largest absolute Gasteiger partial charge is 0.368 e. The Morgan fingerprint density at radius 2 is 2.15 bits per heavy atom. The lowest BCUT2D eigenvalue weighted by molar-refractivity contribution is -0.126. The van der Waals surface area contributed by atoms with Gasteiger partial charge < -0.3 is 16.0 Å². The second-order valence-electron chi connectivity index (χ2n) is 6.60. The molecule has 4 heteroatoms. The van der Waals surface area contributed by atoms with E-state index in [2.05, 4.69) is 37.9 Å². The summed E-state index contributed by atoms with van der Waals surface area (Å²) < 4.78 is 0. The molecular weight excluding hydrogens is 250 g/mol. The van der Waals surface area contributed by atoms with Gasteiger partial charge in [0, 0.05) is 12.6 Å². The van der Waals surface area contributed by atoms with Crippen LogP contribution in [0.15, 0.2) is 0 Å². The molecule has 0 aromatic heterocycles. The molecule has 0 radical (unpaired) electrons. The highest BCUT2D eigenvalue weighted by Crippen LogP contribution is 2.31. The normalized spacial score (nSPS) is 27.2. The highest BCUT2D eigenvalue weighted by atomic mass is 16.1. The molecule has 1 fully saturated rings. The van der Waals surface area contributed by atoms with Gasteiger partial charge in [0.25, 0.3) is 0 Å². The van der Waals surface area contributed by atoms with Crippen molar-refractivity contribution in [2.45, 2.75) is 71.4 Å². The fourth-order valence-corrected chi connectivity index (χ4v) is 3.40. The molecule has 1 aliphatic rings. The summed E-state index contributed by atoms with van der Waals surface area (Å²) in [5, 5.41) is 3.45. The van der Waals surface area contributed by atoms with Crippen molar-refractivity contribution in [3.8, 4) is 0 Å². The van der Waals surface area contributed by atoms with Gasteiger partial charge in [-0.15, -0.1) is 0 Å². The molecule has 0 spiro atoms. The third kappa shape index (κ3) is 4.45. The molecule has 0 aromatic carbocycles. The zero-order valence-corrected chi connectivity index (χ0v) is 13.7. The van der Waals surface area contributed by atoms with Gasteiger partial charge in [-0.3, -0.25) is 4.79 Å². The van der Waals surface area contributed by atoms with Gasteiger partial charge >= 0.3 is 0 Å². The van der Waals surface area contributed by atoms with E-state index in [1.807, 2.05) is 0 Å². The fraction of sp³-hybridized carbons (Fsp3) is 0.938. The molecule has 20 heavy (non-hydrogen) atoms. The quantitative estimate of drug-likeness (QED) is 0.717. The van der Waals surface area contributed by atoms with Gasteiger partial charge in [-0.05, 0) is 51.1 Å². The minimum atomic E-state index is -0.483. The smallest absolute Gasteiger partial charge is 0.237 e. The molecular formula is C16H33N3O. The Kier molecular flexibility index (Phi) is 6.96. The zero-order valence-electron chi connectivity index (χ0n) is 13.7. The summed E-state index contributed by atoms with van der Waals surface area (Å²) in [7, 11) is 0. The summed E-state index contributed by atoms with van der Waals surface area (Å²) in [6.45, 7) is 11.9. The number of primary amides is 1. The van der Waals surface area contributed by atoms with Crippen molar-refractivity contribution >= 4 is 5.91 Å². The molecule has 0 bridgehead atoms. The summed E-state index contributed by atoms with van der Waals surface area (Å²) in [6, 6.07) is 0.480. The number of nitrogens with one attached hydrogen (secondary N) is 1. The molecule has 1 rings (SSSR count). The van der Waals surface area contributed by atoms with E-state index in [9.17, 15) is 4.79 Å². The molecule has 3 N–H and O–H groups in total. The SMILES string of the molecule is CCCNC1(C(N)=O)CCCC(N(CC)CC(C)C)C1. The van der Waals surface area contributed by atoms with Gasteiger partial charge in [0.15, 0.2) is 0 Å². The summed E-state index contributed by atoms with van der Waals surface area (Å²) in [5.74, 6) is 0.486. The van der Waals surface area contributed by atoms with E-state index in [0.29, 0.717) is 12.0 Å². The van der Waals surface area contributed by atoms with Crippen molar-refractivity contribution in [3.63, 3.8) is 0 Å². The topological polar surface area (TPSA) is 58.4 Å². The molecule has 1 amide bonds. The van der Waals surface area contributed by atoms with Crippen molar-refractivity contribution in [2.24, 2.45) is 11.7 Å². The Morgan fingerprint density at radius 1 is 1.45 bits per heavy atom. The highest BCUT2D eigenvalue weighted by Gasteiger charge is 2.42. The molecule has 4 nitrogen and oxygen atoms in total. The monoisotopic (exact) mass is 283 g/mol. The summed E-state index contributed by atoms with van der Waals surface area (Å²) in [6.07, 6.45) is 5.05. The number of hydrogen-bond donors (Lipinski definition) is 2.